The molecule has 0 aliphatic rings. The number of aryl methyl sites for hydroxylation is 4. The van der Waals surface area contributed by atoms with E-state index < -0.39 is 0 Å². The van der Waals surface area contributed by atoms with E-state index in [1.165, 1.54) is 7.11 Å². The Kier molecular flexibility index (Phi) is 5.58. The fourth-order valence-electron chi connectivity index (χ4n) is 2.35. The van der Waals surface area contributed by atoms with Crippen molar-refractivity contribution in [2.45, 2.75) is 33.6 Å². The quantitative estimate of drug-likeness (QED) is 0.445. The van der Waals surface area contributed by atoms with Gasteiger partial charge in [-0.15, -0.1) is 0 Å². The lowest BCUT2D eigenvalue weighted by Gasteiger charge is -2.12. The van der Waals surface area contributed by atoms with Crippen LogP contribution in [0.1, 0.15) is 34.6 Å². The molecule has 0 bridgehead atoms. The number of nitrogens with zero attached hydrogens (tertiary/aromatic N) is 2. The molecule has 0 saturated heterocycles. The molecule has 0 amide bonds. The first-order chi connectivity index (χ1) is 10.6. The molecule has 0 atom stereocenters. The third kappa shape index (κ3) is 4.35. The molecule has 0 fully saturated rings. The molecule has 1 heterocycles. The van der Waals surface area contributed by atoms with Gasteiger partial charge in [0.1, 0.15) is 18.6 Å². The van der Waals surface area contributed by atoms with Crippen molar-refractivity contribution >= 4 is 6.21 Å². The zero-order valence-corrected chi connectivity index (χ0v) is 13.5. The van der Waals surface area contributed by atoms with E-state index in [9.17, 15) is 0 Å². The Labute approximate surface area is 130 Å². The first-order valence-corrected chi connectivity index (χ1v) is 7.33. The van der Waals surface area contributed by atoms with E-state index in [4.69, 9.17) is 14.1 Å². The highest BCUT2D eigenvalue weighted by Crippen LogP contribution is 2.24. The van der Waals surface area contributed by atoms with Gasteiger partial charge in [0, 0.05) is 12.5 Å². The van der Waals surface area contributed by atoms with Crippen LogP contribution >= 0.6 is 0 Å². The zero-order valence-electron chi connectivity index (χ0n) is 13.5. The summed E-state index contributed by atoms with van der Waals surface area (Å²) in [5.74, 6) is 1.84. The lowest BCUT2D eigenvalue weighted by Crippen LogP contribution is -2.02. The monoisotopic (exact) mass is 302 g/mol. The predicted octanol–water partition coefficient (Wildman–Crippen LogP) is 3.59. The molecular formula is C17H22N2O3. The molecule has 22 heavy (non-hydrogen) atoms. The summed E-state index contributed by atoms with van der Waals surface area (Å²) in [4.78, 5) is 4.70. The van der Waals surface area contributed by atoms with E-state index in [0.717, 1.165) is 46.7 Å². The van der Waals surface area contributed by atoms with Crippen molar-refractivity contribution in [2.24, 2.45) is 5.16 Å². The van der Waals surface area contributed by atoms with Crippen molar-refractivity contribution in [3.63, 3.8) is 0 Å². The van der Waals surface area contributed by atoms with Gasteiger partial charge in [0.05, 0.1) is 18.5 Å². The molecule has 0 aliphatic carbocycles. The maximum atomic E-state index is 5.92. The number of hydrogen-bond donors (Lipinski definition) is 0. The highest BCUT2D eigenvalue weighted by molar-refractivity contribution is 5.80. The minimum Gasteiger partial charge on any atom is -0.493 e. The number of oxime groups is 1. The minimum atomic E-state index is 0.646. The number of hydrogen-bond acceptors (Lipinski definition) is 5. The average Bonchev–Trinajstić information content (AvgIpc) is 2.89. The number of ether oxygens (including phenoxy) is 1. The second kappa shape index (κ2) is 7.64. The highest BCUT2D eigenvalue weighted by atomic mass is 16.6. The predicted molar refractivity (Wildman–Crippen MR) is 85.6 cm³/mol. The van der Waals surface area contributed by atoms with E-state index >= 15 is 0 Å². The number of rotatable bonds is 7. The molecule has 2 rings (SSSR count). The van der Waals surface area contributed by atoms with Crippen LogP contribution in [0.5, 0.6) is 5.75 Å². The van der Waals surface area contributed by atoms with Crippen molar-refractivity contribution in [2.75, 3.05) is 13.7 Å². The van der Waals surface area contributed by atoms with Crippen LogP contribution in [0.3, 0.4) is 0 Å². The molecule has 0 unspecified atom stereocenters. The Morgan fingerprint density at radius 3 is 2.50 bits per heavy atom. The summed E-state index contributed by atoms with van der Waals surface area (Å²) >= 11 is 0. The second-order valence-electron chi connectivity index (χ2n) is 5.29. The summed E-state index contributed by atoms with van der Waals surface area (Å²) in [6, 6.07) is 6.02. The van der Waals surface area contributed by atoms with Crippen molar-refractivity contribution in [3.05, 3.63) is 46.3 Å². The van der Waals surface area contributed by atoms with Gasteiger partial charge in [-0.25, -0.2) is 0 Å². The first kappa shape index (κ1) is 16.1. The Morgan fingerprint density at radius 1 is 1.18 bits per heavy atom. The van der Waals surface area contributed by atoms with Crippen LogP contribution < -0.4 is 4.74 Å². The van der Waals surface area contributed by atoms with Crippen molar-refractivity contribution in [1.29, 1.82) is 0 Å². The fraction of sp³-hybridized carbons (Fsp3) is 0.412. The first-order valence-electron chi connectivity index (χ1n) is 7.33. The largest absolute Gasteiger partial charge is 0.493 e. The Hall–Kier alpha value is -2.30. The van der Waals surface area contributed by atoms with Crippen LogP contribution in [0.4, 0.5) is 0 Å². The van der Waals surface area contributed by atoms with Gasteiger partial charge in [-0.1, -0.05) is 10.3 Å². The third-order valence-electron chi connectivity index (χ3n) is 3.28. The molecule has 5 heteroatoms. The number of aromatic nitrogens is 1. The second-order valence-corrected chi connectivity index (χ2v) is 5.29. The van der Waals surface area contributed by atoms with Crippen LogP contribution in [0.25, 0.3) is 0 Å². The number of benzene rings is 1. The van der Waals surface area contributed by atoms with E-state index in [2.05, 4.69) is 10.3 Å². The van der Waals surface area contributed by atoms with Gasteiger partial charge in [0.15, 0.2) is 0 Å². The summed E-state index contributed by atoms with van der Waals surface area (Å²) < 4.78 is 11.1. The van der Waals surface area contributed by atoms with Crippen molar-refractivity contribution in [3.8, 4) is 5.75 Å². The maximum absolute atomic E-state index is 5.92. The maximum Gasteiger partial charge on any atom is 0.137 e. The van der Waals surface area contributed by atoms with Crippen LogP contribution in [0.15, 0.2) is 27.9 Å². The van der Waals surface area contributed by atoms with Gasteiger partial charge >= 0.3 is 0 Å². The van der Waals surface area contributed by atoms with Crippen LogP contribution in [-0.2, 0) is 11.3 Å². The summed E-state index contributed by atoms with van der Waals surface area (Å²) in [6.45, 7) is 6.64. The Bertz CT molecular complexity index is 624. The average molecular weight is 302 g/mol. The summed E-state index contributed by atoms with van der Waals surface area (Å²) in [6.07, 6.45) is 3.41. The van der Waals surface area contributed by atoms with Gasteiger partial charge in [0.2, 0.25) is 0 Å². The van der Waals surface area contributed by atoms with Crippen LogP contribution in [0.2, 0.25) is 0 Å². The van der Waals surface area contributed by atoms with Gasteiger partial charge in [0.25, 0.3) is 0 Å². The van der Waals surface area contributed by atoms with Gasteiger partial charge in [-0.2, -0.15) is 0 Å². The molecule has 2 aromatic rings. The fourth-order valence-corrected chi connectivity index (χ4v) is 2.35. The lowest BCUT2D eigenvalue weighted by molar-refractivity contribution is 0.215. The lowest BCUT2D eigenvalue weighted by atomic mass is 10.1. The normalized spacial score (nSPS) is 11.1. The Balaban J connectivity index is 1.90. The van der Waals surface area contributed by atoms with Crippen molar-refractivity contribution < 1.29 is 14.1 Å². The molecule has 0 saturated carbocycles. The van der Waals surface area contributed by atoms with E-state index in [1.54, 1.807) is 6.21 Å². The molecule has 0 spiro atoms. The molecule has 1 aromatic carbocycles. The molecule has 1 aromatic heterocycles. The van der Waals surface area contributed by atoms with Gasteiger partial charge < -0.3 is 14.1 Å². The van der Waals surface area contributed by atoms with E-state index in [0.29, 0.717) is 6.61 Å². The summed E-state index contributed by atoms with van der Waals surface area (Å²) in [5.41, 5.74) is 4.10. The highest BCUT2D eigenvalue weighted by Gasteiger charge is 2.07. The topological polar surface area (TPSA) is 56.9 Å². The standard InChI is InChI=1S/C17H22N2O3/c1-12-8-15(11-18-20-4)9-13(2)17(12)21-7-5-6-16-10-14(3)19-22-16/h8-11H,5-7H2,1-4H3/b18-11+. The van der Waals surface area contributed by atoms with E-state index in [1.807, 2.05) is 39.0 Å². The van der Waals surface area contributed by atoms with Crippen LogP contribution in [-0.4, -0.2) is 25.1 Å². The molecule has 0 aliphatic heterocycles. The SMILES string of the molecule is CO/N=C/c1cc(C)c(OCCCc2cc(C)no2)c(C)c1. The smallest absolute Gasteiger partial charge is 0.137 e. The molecular weight excluding hydrogens is 280 g/mol. The summed E-state index contributed by atoms with van der Waals surface area (Å²) in [5, 5.41) is 7.66. The van der Waals surface area contributed by atoms with Crippen LogP contribution in [0, 0.1) is 20.8 Å². The molecule has 0 N–H and O–H groups in total. The van der Waals surface area contributed by atoms with Gasteiger partial charge in [-0.3, -0.25) is 0 Å². The molecule has 0 radical (unpaired) electrons. The van der Waals surface area contributed by atoms with E-state index in [-0.39, 0.29) is 0 Å². The molecule has 5 nitrogen and oxygen atoms in total. The Morgan fingerprint density at radius 2 is 1.91 bits per heavy atom. The minimum absolute atomic E-state index is 0.646. The van der Waals surface area contributed by atoms with Crippen molar-refractivity contribution in [1.82, 2.24) is 5.16 Å². The molecule has 118 valence electrons. The zero-order chi connectivity index (χ0) is 15.9. The van der Waals surface area contributed by atoms with Gasteiger partial charge in [-0.05, 0) is 56.0 Å². The third-order valence-corrected chi connectivity index (χ3v) is 3.28. The summed E-state index contributed by atoms with van der Waals surface area (Å²) in [7, 11) is 1.53.